The Balaban J connectivity index is 1.78. The maximum absolute atomic E-state index is 13.1. The average molecular weight is 441 g/mol. The van der Waals surface area contributed by atoms with E-state index in [0.717, 1.165) is 53.5 Å². The molecule has 2 aromatic carbocycles. The standard InChI is InChI=1S/C28H32N4O/c1-3-5-12-21(4-2)31-28-25-19-24(33)20-27(30-22-13-8-6-9-14-22)32(26(25)17-18-29-28)23-15-10-7-11-16-23/h6-11,13-18,20-21,30H,3-5,12,19H2,1-2H3,(H,29,31). The summed E-state index contributed by atoms with van der Waals surface area (Å²) in [5.41, 5.74) is 3.81. The summed E-state index contributed by atoms with van der Waals surface area (Å²) < 4.78 is 0. The number of carbonyl (C=O) groups is 1. The number of pyridine rings is 1. The van der Waals surface area contributed by atoms with Crippen LogP contribution in [-0.2, 0) is 11.2 Å². The molecule has 0 saturated heterocycles. The number of benzene rings is 2. The molecule has 0 radical (unpaired) electrons. The minimum atomic E-state index is 0.0470. The summed E-state index contributed by atoms with van der Waals surface area (Å²) in [6.07, 6.45) is 8.28. The molecular weight excluding hydrogens is 408 g/mol. The van der Waals surface area contributed by atoms with Gasteiger partial charge in [0.25, 0.3) is 0 Å². The predicted molar refractivity (Wildman–Crippen MR) is 137 cm³/mol. The minimum Gasteiger partial charge on any atom is -0.367 e. The van der Waals surface area contributed by atoms with Crippen molar-refractivity contribution in [1.82, 2.24) is 4.98 Å². The molecule has 1 aliphatic rings. The largest absolute Gasteiger partial charge is 0.367 e. The highest BCUT2D eigenvalue weighted by molar-refractivity contribution is 5.98. The van der Waals surface area contributed by atoms with Crippen LogP contribution < -0.4 is 15.5 Å². The van der Waals surface area contributed by atoms with Crippen molar-refractivity contribution in [2.75, 3.05) is 15.5 Å². The summed E-state index contributed by atoms with van der Waals surface area (Å²) in [7, 11) is 0. The van der Waals surface area contributed by atoms with E-state index in [2.05, 4.69) is 46.5 Å². The second kappa shape index (κ2) is 10.8. The fourth-order valence-electron chi connectivity index (χ4n) is 4.20. The molecule has 0 fully saturated rings. The molecule has 0 amide bonds. The van der Waals surface area contributed by atoms with Gasteiger partial charge < -0.3 is 10.6 Å². The van der Waals surface area contributed by atoms with E-state index in [-0.39, 0.29) is 5.78 Å². The number of ketones is 1. The van der Waals surface area contributed by atoms with Crippen molar-refractivity contribution in [1.29, 1.82) is 0 Å². The molecule has 0 saturated carbocycles. The summed E-state index contributed by atoms with van der Waals surface area (Å²) in [5, 5.41) is 7.11. The summed E-state index contributed by atoms with van der Waals surface area (Å²) in [6, 6.07) is 22.4. The van der Waals surface area contributed by atoms with E-state index in [1.54, 1.807) is 6.08 Å². The van der Waals surface area contributed by atoms with Gasteiger partial charge in [-0.2, -0.15) is 0 Å². The van der Waals surface area contributed by atoms with Crippen LogP contribution in [0.2, 0.25) is 0 Å². The van der Waals surface area contributed by atoms with Crippen molar-refractivity contribution < 1.29 is 4.79 Å². The maximum Gasteiger partial charge on any atom is 0.163 e. The number of nitrogens with zero attached hydrogens (tertiary/aromatic N) is 2. The van der Waals surface area contributed by atoms with E-state index in [4.69, 9.17) is 0 Å². The SMILES string of the molecule is CCCCC(CC)Nc1nccc2c1CC(=O)C=C(Nc1ccccc1)N2c1ccccc1. The van der Waals surface area contributed by atoms with Gasteiger partial charge in [0.1, 0.15) is 11.6 Å². The van der Waals surface area contributed by atoms with Gasteiger partial charge in [0.15, 0.2) is 5.78 Å². The quantitative estimate of drug-likeness (QED) is 0.389. The number of fused-ring (bicyclic) bond motifs is 1. The van der Waals surface area contributed by atoms with Crippen molar-refractivity contribution in [2.45, 2.75) is 52.0 Å². The molecular formula is C28H32N4O. The number of hydrogen-bond acceptors (Lipinski definition) is 5. The number of nitrogens with one attached hydrogen (secondary N) is 2. The molecule has 2 N–H and O–H groups in total. The molecule has 0 bridgehead atoms. The van der Waals surface area contributed by atoms with Gasteiger partial charge in [-0.3, -0.25) is 9.69 Å². The maximum atomic E-state index is 13.1. The van der Waals surface area contributed by atoms with Gasteiger partial charge >= 0.3 is 0 Å². The third-order valence-corrected chi connectivity index (χ3v) is 5.96. The number of allylic oxidation sites excluding steroid dienone is 1. The van der Waals surface area contributed by atoms with Crippen LogP contribution >= 0.6 is 0 Å². The highest BCUT2D eigenvalue weighted by Gasteiger charge is 2.26. The monoisotopic (exact) mass is 440 g/mol. The summed E-state index contributed by atoms with van der Waals surface area (Å²) in [5.74, 6) is 1.58. The second-order valence-corrected chi connectivity index (χ2v) is 8.38. The van der Waals surface area contributed by atoms with Gasteiger partial charge in [-0.1, -0.05) is 63.1 Å². The van der Waals surface area contributed by atoms with Gasteiger partial charge in [-0.05, 0) is 43.2 Å². The highest BCUT2D eigenvalue weighted by Crippen LogP contribution is 2.38. The van der Waals surface area contributed by atoms with Crippen LogP contribution in [0.15, 0.2) is 84.8 Å². The zero-order chi connectivity index (χ0) is 23.0. The molecule has 5 heteroatoms. The Morgan fingerprint density at radius 1 is 1.00 bits per heavy atom. The van der Waals surface area contributed by atoms with Gasteiger partial charge in [0, 0.05) is 41.7 Å². The Morgan fingerprint density at radius 3 is 2.42 bits per heavy atom. The van der Waals surface area contributed by atoms with Crippen LogP contribution in [0.5, 0.6) is 0 Å². The lowest BCUT2D eigenvalue weighted by molar-refractivity contribution is -0.114. The van der Waals surface area contributed by atoms with Gasteiger partial charge in [-0.15, -0.1) is 0 Å². The zero-order valence-electron chi connectivity index (χ0n) is 19.4. The van der Waals surface area contributed by atoms with Crippen molar-refractivity contribution in [3.05, 3.63) is 90.4 Å². The predicted octanol–water partition coefficient (Wildman–Crippen LogP) is 6.68. The topological polar surface area (TPSA) is 57.3 Å². The van der Waals surface area contributed by atoms with Crippen molar-refractivity contribution in [3.63, 3.8) is 0 Å². The fourth-order valence-corrected chi connectivity index (χ4v) is 4.20. The third-order valence-electron chi connectivity index (χ3n) is 5.96. The molecule has 2 heterocycles. The number of aromatic nitrogens is 1. The van der Waals surface area contributed by atoms with E-state index in [1.165, 1.54) is 6.42 Å². The molecule has 4 rings (SSSR count). The Hall–Kier alpha value is -3.60. The van der Waals surface area contributed by atoms with Crippen LogP contribution in [0.25, 0.3) is 0 Å². The van der Waals surface area contributed by atoms with Gasteiger partial charge in [-0.25, -0.2) is 4.98 Å². The normalized spacial score (nSPS) is 14.2. The molecule has 1 aliphatic heterocycles. The number of anilines is 4. The van der Waals surface area contributed by atoms with Crippen molar-refractivity contribution >= 4 is 28.7 Å². The first kappa shape index (κ1) is 22.6. The van der Waals surface area contributed by atoms with Crippen molar-refractivity contribution in [2.24, 2.45) is 0 Å². The minimum absolute atomic E-state index is 0.0470. The van der Waals surface area contributed by atoms with E-state index in [0.29, 0.717) is 12.5 Å². The molecule has 0 aliphatic carbocycles. The molecule has 3 aromatic rings. The zero-order valence-corrected chi connectivity index (χ0v) is 19.4. The van der Waals surface area contributed by atoms with E-state index < -0.39 is 0 Å². The second-order valence-electron chi connectivity index (χ2n) is 8.38. The molecule has 1 atom stereocenters. The Bertz CT molecular complexity index is 1100. The molecule has 33 heavy (non-hydrogen) atoms. The first-order valence-corrected chi connectivity index (χ1v) is 11.9. The van der Waals surface area contributed by atoms with Crippen LogP contribution in [0, 0.1) is 0 Å². The summed E-state index contributed by atoms with van der Waals surface area (Å²) in [4.78, 5) is 19.9. The Kier molecular flexibility index (Phi) is 7.40. The van der Waals surface area contributed by atoms with Crippen LogP contribution in [-0.4, -0.2) is 16.8 Å². The van der Waals surface area contributed by atoms with E-state index >= 15 is 0 Å². The first-order chi connectivity index (χ1) is 16.2. The molecule has 1 aromatic heterocycles. The number of para-hydroxylation sites is 2. The number of rotatable bonds is 9. The Labute approximate surface area is 196 Å². The summed E-state index contributed by atoms with van der Waals surface area (Å²) in [6.45, 7) is 4.41. The van der Waals surface area contributed by atoms with Crippen LogP contribution in [0.4, 0.5) is 22.9 Å². The third kappa shape index (κ3) is 5.43. The molecule has 170 valence electrons. The van der Waals surface area contributed by atoms with Gasteiger partial charge in [0.05, 0.1) is 5.69 Å². The fraction of sp³-hybridized carbons (Fsp3) is 0.286. The van der Waals surface area contributed by atoms with Crippen LogP contribution in [0.1, 0.15) is 45.1 Å². The van der Waals surface area contributed by atoms with E-state index in [9.17, 15) is 4.79 Å². The van der Waals surface area contributed by atoms with E-state index in [1.807, 2.05) is 60.8 Å². The lowest BCUT2D eigenvalue weighted by Gasteiger charge is -2.29. The van der Waals surface area contributed by atoms with Crippen molar-refractivity contribution in [3.8, 4) is 0 Å². The molecule has 0 spiro atoms. The lowest BCUT2D eigenvalue weighted by Crippen LogP contribution is -2.24. The number of unbranched alkanes of at least 4 members (excludes halogenated alkanes) is 1. The summed E-state index contributed by atoms with van der Waals surface area (Å²) >= 11 is 0. The molecule has 5 nitrogen and oxygen atoms in total. The lowest BCUT2D eigenvalue weighted by atomic mass is 10.0. The smallest absolute Gasteiger partial charge is 0.163 e. The Morgan fingerprint density at radius 2 is 1.73 bits per heavy atom. The molecule has 1 unspecified atom stereocenters. The van der Waals surface area contributed by atoms with Crippen LogP contribution in [0.3, 0.4) is 0 Å². The highest BCUT2D eigenvalue weighted by atomic mass is 16.1. The van der Waals surface area contributed by atoms with Gasteiger partial charge in [0.2, 0.25) is 0 Å². The number of carbonyl (C=O) groups excluding carboxylic acids is 1. The number of hydrogen-bond donors (Lipinski definition) is 2. The average Bonchev–Trinajstić information content (AvgIpc) is 2.98. The first-order valence-electron chi connectivity index (χ1n) is 11.9.